The van der Waals surface area contributed by atoms with Gasteiger partial charge in [0.1, 0.15) is 5.78 Å². The van der Waals surface area contributed by atoms with Crippen LogP contribution in [0.3, 0.4) is 0 Å². The highest BCUT2D eigenvalue weighted by Gasteiger charge is 2.32. The molecule has 0 unspecified atom stereocenters. The first-order valence-corrected chi connectivity index (χ1v) is 6.05. The number of halogens is 1. The predicted octanol–water partition coefficient (Wildman–Crippen LogP) is 2.67. The number of amides is 1. The van der Waals surface area contributed by atoms with E-state index < -0.39 is 5.92 Å². The monoisotopic (exact) mass is 251 g/mol. The molecule has 90 valence electrons. The van der Waals surface area contributed by atoms with Gasteiger partial charge in [0.25, 0.3) is 0 Å². The Labute approximate surface area is 105 Å². The Morgan fingerprint density at radius 3 is 2.59 bits per heavy atom. The highest BCUT2D eigenvalue weighted by Crippen LogP contribution is 2.26. The number of rotatable bonds is 2. The average Bonchev–Trinajstić information content (AvgIpc) is 2.30. The van der Waals surface area contributed by atoms with Crippen molar-refractivity contribution in [2.45, 2.75) is 19.8 Å². The molecule has 1 fully saturated rings. The maximum atomic E-state index is 12.1. The third-order valence-electron chi connectivity index (χ3n) is 3.07. The zero-order chi connectivity index (χ0) is 12.4. The Morgan fingerprint density at radius 2 is 2.00 bits per heavy atom. The molecule has 1 atom stereocenters. The summed E-state index contributed by atoms with van der Waals surface area (Å²) in [6.07, 6.45) is 1.52. The van der Waals surface area contributed by atoms with Crippen molar-refractivity contribution in [1.29, 1.82) is 0 Å². The van der Waals surface area contributed by atoms with Gasteiger partial charge in [-0.15, -0.1) is 0 Å². The lowest BCUT2D eigenvalue weighted by Crippen LogP contribution is -2.43. The smallest absolute Gasteiger partial charge is 0.237 e. The van der Waals surface area contributed by atoms with E-state index in [-0.39, 0.29) is 11.7 Å². The van der Waals surface area contributed by atoms with Crippen molar-refractivity contribution in [2.24, 2.45) is 5.92 Å². The van der Waals surface area contributed by atoms with Crippen LogP contribution < -0.4 is 4.90 Å². The van der Waals surface area contributed by atoms with E-state index in [9.17, 15) is 9.59 Å². The van der Waals surface area contributed by atoms with E-state index in [0.717, 1.165) is 12.1 Å². The van der Waals surface area contributed by atoms with Crippen LogP contribution in [0.1, 0.15) is 19.8 Å². The van der Waals surface area contributed by atoms with Gasteiger partial charge < -0.3 is 4.90 Å². The van der Waals surface area contributed by atoms with Gasteiger partial charge >= 0.3 is 0 Å². The van der Waals surface area contributed by atoms with Crippen molar-refractivity contribution < 1.29 is 9.59 Å². The number of carbonyl (C=O) groups is 2. The zero-order valence-electron chi connectivity index (χ0n) is 9.65. The molecule has 0 bridgehead atoms. The second kappa shape index (κ2) is 4.88. The first-order chi connectivity index (χ1) is 8.09. The molecule has 2 rings (SSSR count). The molecule has 1 saturated heterocycles. The minimum Gasteiger partial charge on any atom is -0.312 e. The van der Waals surface area contributed by atoms with Crippen LogP contribution in [-0.4, -0.2) is 18.2 Å². The molecule has 1 aliphatic rings. The fourth-order valence-electron chi connectivity index (χ4n) is 2.13. The number of benzene rings is 1. The molecule has 0 N–H and O–H groups in total. The van der Waals surface area contributed by atoms with Gasteiger partial charge in [0.05, 0.1) is 5.92 Å². The maximum Gasteiger partial charge on any atom is 0.237 e. The molecule has 1 aromatic carbocycles. The van der Waals surface area contributed by atoms with Crippen LogP contribution in [0.15, 0.2) is 24.3 Å². The van der Waals surface area contributed by atoms with Crippen LogP contribution in [0.5, 0.6) is 0 Å². The Kier molecular flexibility index (Phi) is 3.48. The molecule has 1 aromatic rings. The van der Waals surface area contributed by atoms with Crippen molar-refractivity contribution in [1.82, 2.24) is 0 Å². The summed E-state index contributed by atoms with van der Waals surface area (Å²) in [5, 5.41) is 0.640. The molecule has 17 heavy (non-hydrogen) atoms. The van der Waals surface area contributed by atoms with E-state index >= 15 is 0 Å². The molecular formula is C13H14ClNO2. The van der Waals surface area contributed by atoms with Crippen LogP contribution in [0, 0.1) is 5.92 Å². The molecule has 1 heterocycles. The molecule has 4 heteroatoms. The van der Waals surface area contributed by atoms with Crippen molar-refractivity contribution in [3.05, 3.63) is 29.3 Å². The van der Waals surface area contributed by atoms with Crippen LogP contribution >= 0.6 is 11.6 Å². The Balaban J connectivity index is 2.23. The highest BCUT2D eigenvalue weighted by molar-refractivity contribution is 6.30. The molecule has 0 aromatic heterocycles. The number of anilines is 1. The molecule has 0 saturated carbocycles. The van der Waals surface area contributed by atoms with Gasteiger partial charge in [-0.1, -0.05) is 11.6 Å². The summed E-state index contributed by atoms with van der Waals surface area (Å²) in [4.78, 5) is 25.2. The Hall–Kier alpha value is -1.35. The maximum absolute atomic E-state index is 12.1. The van der Waals surface area contributed by atoms with Crippen LogP contribution in [-0.2, 0) is 9.59 Å². The Bertz CT molecular complexity index is 441. The molecule has 1 amide bonds. The van der Waals surface area contributed by atoms with Crippen molar-refractivity contribution >= 4 is 29.0 Å². The summed E-state index contributed by atoms with van der Waals surface area (Å²) in [6.45, 7) is 2.15. The standard InChI is InChI=1S/C13H14ClNO2/c1-9(16)12-3-2-8-15(13(12)17)11-6-4-10(14)5-7-11/h4-7,12H,2-3,8H2,1H3/t12-/m1/s1. The molecule has 1 aliphatic heterocycles. The predicted molar refractivity (Wildman–Crippen MR) is 67.2 cm³/mol. The number of Topliss-reactive ketones (excluding diaryl/α,β-unsaturated/α-hetero) is 1. The van der Waals surface area contributed by atoms with Gasteiger partial charge in [-0.2, -0.15) is 0 Å². The van der Waals surface area contributed by atoms with Gasteiger partial charge in [-0.25, -0.2) is 0 Å². The van der Waals surface area contributed by atoms with Gasteiger partial charge in [0, 0.05) is 17.3 Å². The molecule has 0 aliphatic carbocycles. The van der Waals surface area contributed by atoms with Crippen LogP contribution in [0.25, 0.3) is 0 Å². The highest BCUT2D eigenvalue weighted by atomic mass is 35.5. The fraction of sp³-hybridized carbons (Fsp3) is 0.385. The topological polar surface area (TPSA) is 37.4 Å². The summed E-state index contributed by atoms with van der Waals surface area (Å²) in [5.41, 5.74) is 0.811. The van der Waals surface area contributed by atoms with Gasteiger partial charge in [0.15, 0.2) is 0 Å². The average molecular weight is 252 g/mol. The first-order valence-electron chi connectivity index (χ1n) is 5.67. The van der Waals surface area contributed by atoms with Gasteiger partial charge in [-0.3, -0.25) is 9.59 Å². The minimum absolute atomic E-state index is 0.0475. The van der Waals surface area contributed by atoms with E-state index in [1.54, 1.807) is 17.0 Å². The third-order valence-corrected chi connectivity index (χ3v) is 3.32. The largest absolute Gasteiger partial charge is 0.312 e. The number of ketones is 1. The fourth-order valence-corrected chi connectivity index (χ4v) is 2.26. The van der Waals surface area contributed by atoms with E-state index in [1.165, 1.54) is 6.92 Å². The molecule has 0 radical (unpaired) electrons. The van der Waals surface area contributed by atoms with E-state index in [1.807, 2.05) is 12.1 Å². The first kappa shape index (κ1) is 12.1. The lowest BCUT2D eigenvalue weighted by atomic mass is 9.93. The summed E-state index contributed by atoms with van der Waals surface area (Å²) < 4.78 is 0. The summed E-state index contributed by atoms with van der Waals surface area (Å²) in [5.74, 6) is -0.612. The second-order valence-corrected chi connectivity index (χ2v) is 4.71. The van der Waals surface area contributed by atoms with Gasteiger partial charge in [0.2, 0.25) is 5.91 Å². The second-order valence-electron chi connectivity index (χ2n) is 4.27. The normalized spacial score (nSPS) is 20.5. The van der Waals surface area contributed by atoms with E-state index in [2.05, 4.69) is 0 Å². The zero-order valence-corrected chi connectivity index (χ0v) is 10.4. The number of hydrogen-bond acceptors (Lipinski definition) is 2. The molecule has 3 nitrogen and oxygen atoms in total. The summed E-state index contributed by atoms with van der Waals surface area (Å²) >= 11 is 5.81. The van der Waals surface area contributed by atoms with Crippen molar-refractivity contribution in [3.8, 4) is 0 Å². The number of nitrogens with zero attached hydrogens (tertiary/aromatic N) is 1. The van der Waals surface area contributed by atoms with Crippen molar-refractivity contribution in [2.75, 3.05) is 11.4 Å². The number of piperidine rings is 1. The number of hydrogen-bond donors (Lipinski definition) is 0. The van der Waals surface area contributed by atoms with Crippen LogP contribution in [0.2, 0.25) is 5.02 Å². The lowest BCUT2D eigenvalue weighted by molar-refractivity contribution is -0.132. The molecule has 0 spiro atoms. The summed E-state index contributed by atoms with van der Waals surface area (Å²) in [6, 6.07) is 7.12. The van der Waals surface area contributed by atoms with Crippen LogP contribution in [0.4, 0.5) is 5.69 Å². The lowest BCUT2D eigenvalue weighted by Gasteiger charge is -2.31. The third kappa shape index (κ3) is 2.50. The summed E-state index contributed by atoms with van der Waals surface area (Å²) in [7, 11) is 0. The quantitative estimate of drug-likeness (QED) is 0.758. The Morgan fingerprint density at radius 1 is 1.35 bits per heavy atom. The van der Waals surface area contributed by atoms with Gasteiger partial charge in [-0.05, 0) is 44.0 Å². The van der Waals surface area contributed by atoms with Crippen molar-refractivity contribution in [3.63, 3.8) is 0 Å². The van der Waals surface area contributed by atoms with E-state index in [0.29, 0.717) is 18.0 Å². The molecular weight excluding hydrogens is 238 g/mol. The van der Waals surface area contributed by atoms with E-state index in [4.69, 9.17) is 11.6 Å². The SMILES string of the molecule is CC(=O)[C@H]1CCCN(c2ccc(Cl)cc2)C1=O. The minimum atomic E-state index is -0.473. The number of carbonyl (C=O) groups excluding carboxylic acids is 2.